The van der Waals surface area contributed by atoms with Gasteiger partial charge in [0.15, 0.2) is 0 Å². The third kappa shape index (κ3) is 5.00. The quantitative estimate of drug-likeness (QED) is 0.509. The number of amides is 2. The fourth-order valence-electron chi connectivity index (χ4n) is 0.776. The lowest BCUT2D eigenvalue weighted by atomic mass is 10.2. The highest BCUT2D eigenvalue weighted by Gasteiger charge is 2.06. The van der Waals surface area contributed by atoms with Gasteiger partial charge in [-0.1, -0.05) is 27.0 Å². The van der Waals surface area contributed by atoms with Gasteiger partial charge in [-0.05, 0) is 12.8 Å². The van der Waals surface area contributed by atoms with Crippen molar-refractivity contribution in [1.82, 2.24) is 10.6 Å². The molecule has 0 aromatic rings. The van der Waals surface area contributed by atoms with Crippen molar-refractivity contribution in [1.29, 1.82) is 0 Å². The fraction of sp³-hybridized carbons (Fsp3) is 0.455. The molecule has 0 saturated heterocycles. The Bertz CT molecular complexity index is 254. The second kappa shape index (κ2) is 6.81. The molecule has 2 N–H and O–H groups in total. The van der Waals surface area contributed by atoms with Crippen LogP contribution in [0, 0.1) is 0 Å². The van der Waals surface area contributed by atoms with Crippen LogP contribution in [-0.4, -0.2) is 18.5 Å². The third-order valence-corrected chi connectivity index (χ3v) is 1.99. The molecule has 0 rings (SSSR count). The highest BCUT2D eigenvalue weighted by atomic mass is 16.2. The van der Waals surface area contributed by atoms with Crippen LogP contribution >= 0.6 is 0 Å². The van der Waals surface area contributed by atoms with E-state index in [2.05, 4.69) is 23.8 Å². The molecule has 0 aromatic carbocycles. The van der Waals surface area contributed by atoms with Gasteiger partial charge in [0.2, 0.25) is 11.8 Å². The molecule has 4 heteroatoms. The van der Waals surface area contributed by atoms with E-state index in [-0.39, 0.29) is 18.5 Å². The Morgan fingerprint density at radius 2 is 1.27 bits per heavy atom. The van der Waals surface area contributed by atoms with Gasteiger partial charge in [-0.25, -0.2) is 0 Å². The standard InChI is InChI=1S/C11H18N2O2/c1-5-8(3)10(14)12-7-13-11(15)9(4)6-2/h3-7H2,1-2H3,(H,12,14)(H,13,15). The van der Waals surface area contributed by atoms with E-state index in [0.717, 1.165) is 0 Å². The summed E-state index contributed by atoms with van der Waals surface area (Å²) in [5.41, 5.74) is 0.997. The van der Waals surface area contributed by atoms with Crippen LogP contribution in [0.1, 0.15) is 26.7 Å². The highest BCUT2D eigenvalue weighted by Crippen LogP contribution is 1.96. The molecule has 0 saturated carbocycles. The molecule has 4 nitrogen and oxygen atoms in total. The highest BCUT2D eigenvalue weighted by molar-refractivity contribution is 5.94. The zero-order valence-electron chi connectivity index (χ0n) is 9.35. The lowest BCUT2D eigenvalue weighted by molar-refractivity contribution is -0.119. The minimum Gasteiger partial charge on any atom is -0.335 e. The molecule has 0 bridgehead atoms. The predicted molar refractivity (Wildman–Crippen MR) is 60.0 cm³/mol. The third-order valence-electron chi connectivity index (χ3n) is 1.99. The largest absolute Gasteiger partial charge is 0.335 e. The SMILES string of the molecule is C=C(CC)C(=O)NCNC(=O)C(=C)CC. The maximum atomic E-state index is 11.2. The Morgan fingerprint density at radius 3 is 1.53 bits per heavy atom. The molecule has 0 unspecified atom stereocenters. The van der Waals surface area contributed by atoms with Crippen molar-refractivity contribution in [2.24, 2.45) is 0 Å². The summed E-state index contributed by atoms with van der Waals surface area (Å²) >= 11 is 0. The van der Waals surface area contributed by atoms with Gasteiger partial charge in [0.1, 0.15) is 0 Å². The Morgan fingerprint density at radius 1 is 0.933 bits per heavy atom. The molecule has 2 amide bonds. The summed E-state index contributed by atoms with van der Waals surface area (Å²) in [5, 5.41) is 5.06. The molecule has 0 heterocycles. The van der Waals surface area contributed by atoms with E-state index in [1.54, 1.807) is 0 Å². The van der Waals surface area contributed by atoms with E-state index in [4.69, 9.17) is 0 Å². The van der Waals surface area contributed by atoms with E-state index in [9.17, 15) is 9.59 Å². The molecular weight excluding hydrogens is 192 g/mol. The zero-order chi connectivity index (χ0) is 11.8. The van der Waals surface area contributed by atoms with E-state index in [1.807, 2.05) is 13.8 Å². The second-order valence-corrected chi connectivity index (χ2v) is 3.10. The first kappa shape index (κ1) is 13.4. The molecule has 0 aliphatic rings. The van der Waals surface area contributed by atoms with Crippen LogP contribution in [0.15, 0.2) is 24.3 Å². The molecule has 15 heavy (non-hydrogen) atoms. The normalized spacial score (nSPS) is 9.20. The van der Waals surface area contributed by atoms with Crippen molar-refractivity contribution < 1.29 is 9.59 Å². The maximum absolute atomic E-state index is 11.2. The van der Waals surface area contributed by atoms with Crippen molar-refractivity contribution in [2.45, 2.75) is 26.7 Å². The van der Waals surface area contributed by atoms with Crippen LogP contribution < -0.4 is 10.6 Å². The van der Waals surface area contributed by atoms with Crippen molar-refractivity contribution in [3.63, 3.8) is 0 Å². The number of hydrogen-bond acceptors (Lipinski definition) is 2. The molecule has 0 aliphatic heterocycles. The smallest absolute Gasteiger partial charge is 0.247 e. The monoisotopic (exact) mass is 210 g/mol. The van der Waals surface area contributed by atoms with Crippen LogP contribution in [0.25, 0.3) is 0 Å². The predicted octanol–water partition coefficient (Wildman–Crippen LogP) is 1.11. The minimum atomic E-state index is -0.236. The van der Waals surface area contributed by atoms with Gasteiger partial charge >= 0.3 is 0 Å². The van der Waals surface area contributed by atoms with E-state index < -0.39 is 0 Å². The van der Waals surface area contributed by atoms with Crippen LogP contribution in [0.5, 0.6) is 0 Å². The summed E-state index contributed by atoms with van der Waals surface area (Å²) in [7, 11) is 0. The van der Waals surface area contributed by atoms with Crippen LogP contribution in [0.3, 0.4) is 0 Å². The Labute approximate surface area is 90.4 Å². The molecule has 0 aliphatic carbocycles. The molecule has 0 radical (unpaired) electrons. The first-order valence-corrected chi connectivity index (χ1v) is 4.94. The number of rotatable bonds is 6. The van der Waals surface area contributed by atoms with Gasteiger partial charge in [-0.3, -0.25) is 9.59 Å². The summed E-state index contributed by atoms with van der Waals surface area (Å²) in [6.45, 7) is 11.0. The van der Waals surface area contributed by atoms with Crippen molar-refractivity contribution in [3.8, 4) is 0 Å². The Hall–Kier alpha value is -1.58. The first-order chi connectivity index (χ1) is 7.02. The van der Waals surface area contributed by atoms with E-state index in [1.165, 1.54) is 0 Å². The van der Waals surface area contributed by atoms with Crippen molar-refractivity contribution in [3.05, 3.63) is 24.3 Å². The van der Waals surface area contributed by atoms with Gasteiger partial charge in [0, 0.05) is 11.1 Å². The Kier molecular flexibility index (Phi) is 6.09. The molecule has 0 atom stereocenters. The number of hydrogen-bond donors (Lipinski definition) is 2. The summed E-state index contributed by atoms with van der Waals surface area (Å²) < 4.78 is 0. The second-order valence-electron chi connectivity index (χ2n) is 3.10. The first-order valence-electron chi connectivity index (χ1n) is 4.94. The summed E-state index contributed by atoms with van der Waals surface area (Å²) in [6.07, 6.45) is 1.20. The van der Waals surface area contributed by atoms with Gasteiger partial charge in [0.05, 0.1) is 6.67 Å². The number of carbonyl (C=O) groups is 2. The van der Waals surface area contributed by atoms with Crippen molar-refractivity contribution >= 4 is 11.8 Å². The summed E-state index contributed by atoms with van der Waals surface area (Å²) in [4.78, 5) is 22.4. The molecule has 0 spiro atoms. The summed E-state index contributed by atoms with van der Waals surface area (Å²) in [6, 6.07) is 0. The minimum absolute atomic E-state index is 0.107. The number of carbonyl (C=O) groups excluding carboxylic acids is 2. The fourth-order valence-corrected chi connectivity index (χ4v) is 0.776. The van der Waals surface area contributed by atoms with Crippen LogP contribution in [0.2, 0.25) is 0 Å². The van der Waals surface area contributed by atoms with Gasteiger partial charge in [0.25, 0.3) is 0 Å². The van der Waals surface area contributed by atoms with Gasteiger partial charge < -0.3 is 10.6 Å². The van der Waals surface area contributed by atoms with Crippen LogP contribution in [0.4, 0.5) is 0 Å². The molecule has 0 fully saturated rings. The van der Waals surface area contributed by atoms with Crippen LogP contribution in [-0.2, 0) is 9.59 Å². The molecular formula is C11H18N2O2. The van der Waals surface area contributed by atoms with E-state index in [0.29, 0.717) is 24.0 Å². The molecule has 0 aromatic heterocycles. The average molecular weight is 210 g/mol. The average Bonchev–Trinajstić information content (AvgIpc) is 2.26. The maximum Gasteiger partial charge on any atom is 0.247 e. The topological polar surface area (TPSA) is 58.2 Å². The van der Waals surface area contributed by atoms with E-state index >= 15 is 0 Å². The Balaban J connectivity index is 3.80. The zero-order valence-corrected chi connectivity index (χ0v) is 9.35. The number of nitrogens with one attached hydrogen (secondary N) is 2. The van der Waals surface area contributed by atoms with Crippen molar-refractivity contribution in [2.75, 3.05) is 6.67 Å². The summed E-state index contributed by atoms with van der Waals surface area (Å²) in [5.74, 6) is -0.472. The lowest BCUT2D eigenvalue weighted by Crippen LogP contribution is -2.38. The van der Waals surface area contributed by atoms with Gasteiger partial charge in [-0.2, -0.15) is 0 Å². The lowest BCUT2D eigenvalue weighted by Gasteiger charge is -2.08. The van der Waals surface area contributed by atoms with Gasteiger partial charge in [-0.15, -0.1) is 0 Å². The molecule has 84 valence electrons.